The summed E-state index contributed by atoms with van der Waals surface area (Å²) < 4.78 is 5.98. The molecule has 51 heavy (non-hydrogen) atoms. The molecule has 6 aromatic carbocycles. The number of tetrazole rings is 2. The molecule has 11 heteroatoms. The molecule has 0 atom stereocenters. The summed E-state index contributed by atoms with van der Waals surface area (Å²) in [5.41, 5.74) is 9.37. The first-order valence-electron chi connectivity index (χ1n) is 16.5. The van der Waals surface area contributed by atoms with Gasteiger partial charge in [-0.05, 0) is 105 Å². The summed E-state index contributed by atoms with van der Waals surface area (Å²) in [5.74, 6) is 1.23. The fraction of sp³-hybridized carbons (Fsp3) is 0.0500. The van der Waals surface area contributed by atoms with Gasteiger partial charge in [0.15, 0.2) is 0 Å². The van der Waals surface area contributed by atoms with Gasteiger partial charge in [-0.2, -0.15) is 10.4 Å². The van der Waals surface area contributed by atoms with Crippen LogP contribution >= 0.6 is 22.6 Å². The number of benzene rings is 6. The molecule has 0 spiro atoms. The van der Waals surface area contributed by atoms with E-state index in [-0.39, 0.29) is 0 Å². The molecular weight excluding hydrogens is 747 g/mol. The number of aromatic amines is 2. The number of nitrogens with one attached hydrogen (secondary N) is 2. The Morgan fingerprint density at radius 3 is 1.47 bits per heavy atom. The van der Waals surface area contributed by atoms with Crippen molar-refractivity contribution in [3.8, 4) is 22.8 Å². The second-order valence-electron chi connectivity index (χ2n) is 12.3. The van der Waals surface area contributed by atoms with Crippen molar-refractivity contribution in [3.05, 3.63) is 154 Å². The quantitative estimate of drug-likeness (QED) is 0.163. The number of para-hydroxylation sites is 2. The maximum atomic E-state index is 4.10. The highest BCUT2D eigenvalue weighted by atomic mass is 127. The largest absolute Gasteiger partial charge is 0.336 e. The minimum atomic E-state index is 0.612. The van der Waals surface area contributed by atoms with Crippen LogP contribution in [0.25, 0.3) is 66.4 Å². The molecule has 246 valence electrons. The van der Waals surface area contributed by atoms with E-state index < -0.39 is 0 Å². The molecule has 0 unspecified atom stereocenters. The van der Waals surface area contributed by atoms with E-state index in [1.54, 1.807) is 0 Å². The van der Waals surface area contributed by atoms with Gasteiger partial charge < -0.3 is 9.13 Å². The Kier molecular flexibility index (Phi) is 8.01. The molecule has 2 N–H and O–H groups in total. The highest BCUT2D eigenvalue weighted by Crippen LogP contribution is 2.34. The van der Waals surface area contributed by atoms with Crippen LogP contribution in [-0.4, -0.2) is 50.4 Å². The lowest BCUT2D eigenvalue weighted by molar-refractivity contribution is 0.868. The van der Waals surface area contributed by atoms with E-state index in [0.29, 0.717) is 11.6 Å². The fourth-order valence-corrected chi connectivity index (χ4v) is 7.49. The maximum absolute atomic E-state index is 4.10. The number of aromatic nitrogens is 10. The zero-order chi connectivity index (χ0) is 34.1. The van der Waals surface area contributed by atoms with E-state index in [1.807, 2.05) is 12.1 Å². The van der Waals surface area contributed by atoms with Crippen molar-refractivity contribution >= 4 is 66.2 Å². The van der Waals surface area contributed by atoms with Gasteiger partial charge in [-0.15, -0.1) is 20.4 Å². The average molecular weight is 777 g/mol. The molecule has 10 aromatic rings. The van der Waals surface area contributed by atoms with Crippen molar-refractivity contribution in [2.24, 2.45) is 0 Å². The lowest BCUT2D eigenvalue weighted by Gasteiger charge is -2.08. The normalized spacial score (nSPS) is 11.4. The number of halogens is 1. The first-order valence-corrected chi connectivity index (χ1v) is 17.6. The van der Waals surface area contributed by atoms with Crippen molar-refractivity contribution < 1.29 is 0 Å². The summed E-state index contributed by atoms with van der Waals surface area (Å²) in [7, 11) is 0. The second kappa shape index (κ2) is 13.2. The number of rotatable bonds is 6. The number of nitrogens with zero attached hydrogens (tertiary/aromatic N) is 8. The van der Waals surface area contributed by atoms with Gasteiger partial charge in [-0.25, -0.2) is 0 Å². The molecule has 10 rings (SSSR count). The Bertz CT molecular complexity index is 2770. The lowest BCUT2D eigenvalue weighted by atomic mass is 10.1. The minimum absolute atomic E-state index is 0.612. The first-order chi connectivity index (χ1) is 25.2. The highest BCUT2D eigenvalue weighted by Gasteiger charge is 2.15. The van der Waals surface area contributed by atoms with E-state index in [4.69, 9.17) is 0 Å². The standard InChI is InChI=1S/C20H14IN5.C20H15N5/c21-15-5-3-4-13(10-15)12-26-18-7-2-1-6-16(18)17-11-14(8-9-19(17)26)20-22-24-25-23-20;1-2-6-14(7-3-1)13-25-18-9-5-4-8-16(18)17-12-15(10-11-19(17)25)20-21-23-24-22-20/h1-11H,12H2,(H,22,23,24,25);1-12H,13H2,(H,21,22,23,24). The topological polar surface area (TPSA) is 119 Å². The molecule has 0 fully saturated rings. The Morgan fingerprint density at radius 1 is 0.451 bits per heavy atom. The van der Waals surface area contributed by atoms with Crippen LogP contribution < -0.4 is 0 Å². The van der Waals surface area contributed by atoms with Gasteiger partial charge in [-0.3, -0.25) is 0 Å². The third-order valence-electron chi connectivity index (χ3n) is 9.17. The van der Waals surface area contributed by atoms with E-state index in [0.717, 1.165) is 24.2 Å². The molecule has 0 radical (unpaired) electrons. The van der Waals surface area contributed by atoms with Crippen LogP contribution in [0.3, 0.4) is 0 Å². The van der Waals surface area contributed by atoms with Crippen molar-refractivity contribution in [2.45, 2.75) is 13.1 Å². The molecule has 0 amide bonds. The molecule has 0 aliphatic carbocycles. The lowest BCUT2D eigenvalue weighted by Crippen LogP contribution is -1.99. The van der Waals surface area contributed by atoms with E-state index >= 15 is 0 Å². The van der Waals surface area contributed by atoms with Crippen LogP contribution in [0.4, 0.5) is 0 Å². The van der Waals surface area contributed by atoms with E-state index in [9.17, 15) is 0 Å². The number of H-pyrrole nitrogens is 2. The minimum Gasteiger partial charge on any atom is -0.336 e. The van der Waals surface area contributed by atoms with Gasteiger partial charge in [0.1, 0.15) is 0 Å². The SMILES string of the molecule is Ic1cccc(Cn2c3ccccc3c3cc(-c4nn[nH]n4)ccc32)c1.c1ccc(Cn2c3ccccc3c3cc(-c4nn[nH]n4)ccc32)cc1. The Balaban J connectivity index is 0.000000137. The van der Waals surface area contributed by atoms with Crippen LogP contribution in [0.15, 0.2) is 140 Å². The van der Waals surface area contributed by atoms with E-state index in [1.165, 1.54) is 58.3 Å². The van der Waals surface area contributed by atoms with E-state index in [2.05, 4.69) is 200 Å². The summed E-state index contributed by atoms with van der Waals surface area (Å²) in [4.78, 5) is 0. The monoisotopic (exact) mass is 776 g/mol. The van der Waals surface area contributed by atoms with Crippen LogP contribution in [0.2, 0.25) is 0 Å². The number of fused-ring (bicyclic) bond motifs is 6. The number of hydrogen-bond donors (Lipinski definition) is 2. The van der Waals surface area contributed by atoms with Gasteiger partial charge in [-0.1, -0.05) is 78.9 Å². The van der Waals surface area contributed by atoms with Crippen molar-refractivity contribution in [1.29, 1.82) is 0 Å². The van der Waals surface area contributed by atoms with Crippen LogP contribution in [0, 0.1) is 3.57 Å². The Morgan fingerprint density at radius 2 is 0.941 bits per heavy atom. The molecule has 4 heterocycles. The van der Waals surface area contributed by atoms with Gasteiger partial charge in [0.2, 0.25) is 11.6 Å². The first kappa shape index (κ1) is 30.8. The summed E-state index contributed by atoms with van der Waals surface area (Å²) in [6.07, 6.45) is 0. The zero-order valence-electron chi connectivity index (χ0n) is 27.1. The Labute approximate surface area is 305 Å². The second-order valence-corrected chi connectivity index (χ2v) is 13.5. The third-order valence-corrected chi connectivity index (χ3v) is 9.84. The van der Waals surface area contributed by atoms with Crippen LogP contribution in [0.1, 0.15) is 11.1 Å². The smallest absolute Gasteiger partial charge is 0.204 e. The van der Waals surface area contributed by atoms with Crippen LogP contribution in [-0.2, 0) is 13.1 Å². The number of hydrogen-bond acceptors (Lipinski definition) is 6. The van der Waals surface area contributed by atoms with Crippen molar-refractivity contribution in [1.82, 2.24) is 50.4 Å². The maximum Gasteiger partial charge on any atom is 0.204 e. The molecule has 10 nitrogen and oxygen atoms in total. The summed E-state index contributed by atoms with van der Waals surface area (Å²) in [6, 6.07) is 48.9. The summed E-state index contributed by atoms with van der Waals surface area (Å²) in [5, 5.41) is 33.6. The third kappa shape index (κ3) is 5.91. The molecule has 0 saturated carbocycles. The molecular formula is C40H29IN10. The highest BCUT2D eigenvalue weighted by molar-refractivity contribution is 14.1. The van der Waals surface area contributed by atoms with Crippen molar-refractivity contribution in [2.75, 3.05) is 0 Å². The average Bonchev–Trinajstić information content (AvgIpc) is 4.00. The van der Waals surface area contributed by atoms with Gasteiger partial charge in [0.25, 0.3) is 0 Å². The fourth-order valence-electron chi connectivity index (χ4n) is 6.88. The summed E-state index contributed by atoms with van der Waals surface area (Å²) >= 11 is 2.36. The summed E-state index contributed by atoms with van der Waals surface area (Å²) in [6.45, 7) is 1.68. The molecule has 0 bridgehead atoms. The van der Waals surface area contributed by atoms with Gasteiger partial charge >= 0.3 is 0 Å². The Hall–Kier alpha value is -6.21. The predicted octanol–water partition coefficient (Wildman–Crippen LogP) is 8.65. The molecule has 0 aliphatic heterocycles. The molecule has 0 saturated heterocycles. The van der Waals surface area contributed by atoms with Crippen molar-refractivity contribution in [3.63, 3.8) is 0 Å². The molecule has 0 aliphatic rings. The van der Waals surface area contributed by atoms with Gasteiger partial charge in [0.05, 0.1) is 0 Å². The predicted molar refractivity (Wildman–Crippen MR) is 209 cm³/mol. The zero-order valence-corrected chi connectivity index (χ0v) is 29.3. The van der Waals surface area contributed by atoms with Crippen LogP contribution in [0.5, 0.6) is 0 Å². The molecule has 4 aromatic heterocycles. The van der Waals surface area contributed by atoms with Gasteiger partial charge in [0, 0.05) is 71.4 Å².